The fourth-order valence-electron chi connectivity index (χ4n) is 9.17. The number of nitrogens with zero attached hydrogens (tertiary/aromatic N) is 6. The van der Waals surface area contributed by atoms with Gasteiger partial charge in [0, 0.05) is 55.6 Å². The third kappa shape index (κ3) is 7.38. The minimum Gasteiger partial charge on any atom is -0.472 e. The number of aromatic nitrogens is 6. The lowest BCUT2D eigenvalue weighted by atomic mass is 9.75. The second-order valence-corrected chi connectivity index (χ2v) is 16.6. The normalized spacial score (nSPS) is 12.4. The summed E-state index contributed by atoms with van der Waals surface area (Å²) in [5.74, 6) is 4.05. The molecule has 0 N–H and O–H groups in total. The Bertz CT molecular complexity index is 3420. The van der Waals surface area contributed by atoms with Crippen molar-refractivity contribution in [1.29, 1.82) is 0 Å². The van der Waals surface area contributed by atoms with Gasteiger partial charge in [0.15, 0.2) is 40.5 Å². The maximum absolute atomic E-state index is 7.52. The van der Waals surface area contributed by atoms with Gasteiger partial charge in [0.25, 0.3) is 0 Å². The van der Waals surface area contributed by atoms with Crippen molar-refractivity contribution in [3.8, 4) is 96.3 Å². The van der Waals surface area contributed by atoms with Crippen LogP contribution < -0.4 is 4.74 Å². The van der Waals surface area contributed by atoms with Crippen molar-refractivity contribution in [2.45, 2.75) is 5.60 Å². The van der Waals surface area contributed by atoms with Crippen LogP contribution >= 0.6 is 0 Å². The molecule has 0 bridgehead atoms. The molecule has 7 heteroatoms. The minimum atomic E-state index is -0.924. The average molecular weight is 873 g/mol. The predicted octanol–water partition coefficient (Wildman–Crippen LogP) is 14.1. The van der Waals surface area contributed by atoms with Crippen molar-refractivity contribution < 1.29 is 4.74 Å². The molecule has 9 aromatic carbocycles. The average Bonchev–Trinajstić information content (AvgIpc) is 3.43. The number of ether oxygens (including phenoxy) is 1. The number of benzene rings is 9. The molecule has 0 unspecified atom stereocenters. The Kier molecular flexibility index (Phi) is 10.3. The van der Waals surface area contributed by atoms with Crippen LogP contribution in [0.3, 0.4) is 0 Å². The van der Waals surface area contributed by atoms with Gasteiger partial charge < -0.3 is 4.74 Å². The van der Waals surface area contributed by atoms with Crippen LogP contribution in [0.4, 0.5) is 0 Å². The molecule has 7 nitrogen and oxygen atoms in total. The third-order valence-electron chi connectivity index (χ3n) is 12.4. The highest BCUT2D eigenvalue weighted by atomic mass is 16.5. The lowest BCUT2D eigenvalue weighted by Gasteiger charge is -2.41. The van der Waals surface area contributed by atoms with Crippen molar-refractivity contribution in [2.24, 2.45) is 0 Å². The first kappa shape index (κ1) is 40.3. The van der Waals surface area contributed by atoms with Crippen LogP contribution in [0, 0.1) is 0 Å². The van der Waals surface area contributed by atoms with Crippen LogP contribution in [0.1, 0.15) is 16.7 Å². The fraction of sp³-hybridized carbons (Fsp3) is 0.0164. The van der Waals surface area contributed by atoms with Crippen molar-refractivity contribution in [3.05, 3.63) is 259 Å². The molecule has 68 heavy (non-hydrogen) atoms. The molecular weight excluding hydrogens is 833 g/mol. The summed E-state index contributed by atoms with van der Waals surface area (Å²) in [5, 5.41) is 0. The summed E-state index contributed by atoms with van der Waals surface area (Å²) in [6, 6.07) is 82.5. The van der Waals surface area contributed by atoms with E-state index >= 15 is 0 Å². The Balaban J connectivity index is 1.09. The van der Waals surface area contributed by atoms with Gasteiger partial charge in [-0.3, -0.25) is 0 Å². The Hall–Kier alpha value is -9.20. The summed E-state index contributed by atoms with van der Waals surface area (Å²) >= 11 is 0. The Morgan fingerprint density at radius 2 is 0.618 bits per heavy atom. The summed E-state index contributed by atoms with van der Waals surface area (Å²) in [4.78, 5) is 30.8. The molecule has 2 aromatic heterocycles. The maximum atomic E-state index is 7.52. The van der Waals surface area contributed by atoms with Gasteiger partial charge in [0.05, 0.1) is 0 Å². The van der Waals surface area contributed by atoms with E-state index in [4.69, 9.17) is 34.6 Å². The van der Waals surface area contributed by atoms with E-state index in [9.17, 15) is 0 Å². The van der Waals surface area contributed by atoms with E-state index in [1.54, 1.807) is 0 Å². The predicted molar refractivity (Wildman–Crippen MR) is 270 cm³/mol. The largest absolute Gasteiger partial charge is 0.472 e. The fourth-order valence-corrected chi connectivity index (χ4v) is 9.17. The smallest absolute Gasteiger partial charge is 0.185 e. The highest BCUT2D eigenvalue weighted by Crippen LogP contribution is 2.52. The number of fused-ring (bicyclic) bond motifs is 3. The molecule has 1 aliphatic rings. The van der Waals surface area contributed by atoms with E-state index in [-0.39, 0.29) is 0 Å². The number of rotatable bonds is 9. The minimum absolute atomic E-state index is 0.502. The summed E-state index contributed by atoms with van der Waals surface area (Å²) < 4.78 is 7.52. The quantitative estimate of drug-likeness (QED) is 0.143. The molecule has 0 spiro atoms. The monoisotopic (exact) mass is 872 g/mol. The molecule has 0 amide bonds. The first-order valence-corrected chi connectivity index (χ1v) is 22.6. The van der Waals surface area contributed by atoms with Gasteiger partial charge in [-0.05, 0) is 28.8 Å². The molecule has 3 heterocycles. The van der Waals surface area contributed by atoms with Crippen LogP contribution in [-0.4, -0.2) is 29.9 Å². The molecule has 320 valence electrons. The van der Waals surface area contributed by atoms with Gasteiger partial charge in [0.2, 0.25) is 0 Å². The van der Waals surface area contributed by atoms with Gasteiger partial charge in [0.1, 0.15) is 5.75 Å². The summed E-state index contributed by atoms with van der Waals surface area (Å²) in [5.41, 5.74) is 11.3. The van der Waals surface area contributed by atoms with Gasteiger partial charge in [-0.1, -0.05) is 231 Å². The maximum Gasteiger partial charge on any atom is 0.185 e. The molecule has 0 saturated heterocycles. The second kappa shape index (κ2) is 17.3. The van der Waals surface area contributed by atoms with Crippen molar-refractivity contribution >= 4 is 0 Å². The van der Waals surface area contributed by atoms with Gasteiger partial charge >= 0.3 is 0 Å². The lowest BCUT2D eigenvalue weighted by Crippen LogP contribution is -2.38. The molecule has 12 rings (SSSR count). The third-order valence-corrected chi connectivity index (χ3v) is 12.4. The SMILES string of the molecule is c1ccc(-c2nc(-c3ccccc3)nc(-c3ccc(-c4ccc5c(c4)OC(c4ccccc4)(c4ccccc4)c4ccccc4-5)c(-c4nc(-c5ccccc5)nc(-c5ccccc5)n4)c3)n2)cc1. The highest BCUT2D eigenvalue weighted by molar-refractivity contribution is 5.89. The summed E-state index contributed by atoms with van der Waals surface area (Å²) in [7, 11) is 0. The Morgan fingerprint density at radius 1 is 0.250 bits per heavy atom. The van der Waals surface area contributed by atoms with Crippen LogP contribution in [0.5, 0.6) is 5.75 Å². The molecular formula is C61H40N6O. The molecule has 0 fully saturated rings. The van der Waals surface area contributed by atoms with Crippen LogP contribution in [0.2, 0.25) is 0 Å². The standard InChI is InChI=1S/C61H40N6O/c1-7-21-41(22-8-1)55-62-56(42-23-9-2-10-24-42)65-59(64-55)46-36-37-49(52(39-46)60-66-57(43-25-11-3-12-26-43)63-58(67-60)44-27-13-4-14-28-44)45-35-38-51-50-33-19-20-34-53(50)61(68-54(51)40-45,47-29-15-5-16-30-47)48-31-17-6-18-32-48/h1-40H. The van der Waals surface area contributed by atoms with Crippen molar-refractivity contribution in [3.63, 3.8) is 0 Å². The zero-order valence-electron chi connectivity index (χ0n) is 36.7. The second-order valence-electron chi connectivity index (χ2n) is 16.6. The van der Waals surface area contributed by atoms with E-state index in [0.717, 1.165) is 78.1 Å². The summed E-state index contributed by atoms with van der Waals surface area (Å²) in [6.45, 7) is 0. The molecule has 0 atom stereocenters. The first-order valence-electron chi connectivity index (χ1n) is 22.6. The molecule has 11 aromatic rings. The van der Waals surface area contributed by atoms with Crippen LogP contribution in [0.25, 0.3) is 90.6 Å². The Labute approximate surface area is 394 Å². The molecule has 0 aliphatic carbocycles. The van der Waals surface area contributed by atoms with Crippen molar-refractivity contribution in [1.82, 2.24) is 29.9 Å². The first-order chi connectivity index (χ1) is 33.7. The molecule has 0 radical (unpaired) electrons. The van der Waals surface area contributed by atoms with E-state index < -0.39 is 5.60 Å². The van der Waals surface area contributed by atoms with Crippen LogP contribution in [0.15, 0.2) is 243 Å². The van der Waals surface area contributed by atoms with Gasteiger partial charge in [-0.25, -0.2) is 29.9 Å². The topological polar surface area (TPSA) is 86.6 Å². The van der Waals surface area contributed by atoms with Gasteiger partial charge in [-0.15, -0.1) is 0 Å². The molecule has 0 saturated carbocycles. The summed E-state index contributed by atoms with van der Waals surface area (Å²) in [6.07, 6.45) is 0. The number of hydrogen-bond donors (Lipinski definition) is 0. The molecule has 1 aliphatic heterocycles. The number of hydrogen-bond acceptors (Lipinski definition) is 7. The van der Waals surface area contributed by atoms with Crippen molar-refractivity contribution in [2.75, 3.05) is 0 Å². The lowest BCUT2D eigenvalue weighted by molar-refractivity contribution is 0.152. The van der Waals surface area contributed by atoms with Crippen LogP contribution in [-0.2, 0) is 5.60 Å². The van der Waals surface area contributed by atoms with Gasteiger partial charge in [-0.2, -0.15) is 0 Å². The Morgan fingerprint density at radius 3 is 1.09 bits per heavy atom. The highest BCUT2D eigenvalue weighted by Gasteiger charge is 2.44. The van der Waals surface area contributed by atoms with E-state index in [1.165, 1.54) is 0 Å². The van der Waals surface area contributed by atoms with E-state index in [1.807, 2.05) is 133 Å². The van der Waals surface area contributed by atoms with E-state index in [2.05, 4.69) is 109 Å². The van der Waals surface area contributed by atoms with E-state index in [0.29, 0.717) is 34.9 Å². The zero-order valence-corrected chi connectivity index (χ0v) is 36.7. The zero-order chi connectivity index (χ0) is 45.3.